The Morgan fingerprint density at radius 2 is 2.25 bits per heavy atom. The first kappa shape index (κ1) is 11.2. The van der Waals surface area contributed by atoms with E-state index in [-0.39, 0.29) is 0 Å². The van der Waals surface area contributed by atoms with Crippen molar-refractivity contribution in [3.05, 3.63) is 12.2 Å². The molecule has 0 aliphatic heterocycles. The van der Waals surface area contributed by atoms with E-state index < -0.39 is 12.1 Å². The summed E-state index contributed by atoms with van der Waals surface area (Å²) in [7, 11) is 1.41. The average molecular weight is 172 g/mol. The molecule has 0 aliphatic carbocycles. The molecule has 0 rings (SSSR count). The summed E-state index contributed by atoms with van der Waals surface area (Å²) in [5, 5.41) is 8.57. The van der Waals surface area contributed by atoms with Gasteiger partial charge in [0.05, 0.1) is 0 Å². The van der Waals surface area contributed by atoms with Crippen LogP contribution in [0, 0.1) is 0 Å². The summed E-state index contributed by atoms with van der Waals surface area (Å²) in [6.45, 7) is 2.08. The van der Waals surface area contributed by atoms with Crippen molar-refractivity contribution >= 4 is 5.97 Å². The van der Waals surface area contributed by atoms with Crippen LogP contribution in [0.4, 0.5) is 0 Å². The van der Waals surface area contributed by atoms with E-state index in [9.17, 15) is 4.79 Å². The Bertz CT molecular complexity index is 152. The lowest BCUT2D eigenvalue weighted by Gasteiger charge is -2.05. The first-order valence-electron chi connectivity index (χ1n) is 4.13. The van der Waals surface area contributed by atoms with Crippen LogP contribution in [-0.4, -0.2) is 24.3 Å². The highest BCUT2D eigenvalue weighted by Crippen LogP contribution is 1.99. The summed E-state index contributed by atoms with van der Waals surface area (Å²) < 4.78 is 4.74. The molecule has 70 valence electrons. The van der Waals surface area contributed by atoms with Crippen LogP contribution in [0.2, 0.25) is 0 Å². The molecule has 0 fully saturated rings. The van der Waals surface area contributed by atoms with Gasteiger partial charge >= 0.3 is 5.97 Å². The third kappa shape index (κ3) is 4.91. The van der Waals surface area contributed by atoms with E-state index in [0.717, 1.165) is 12.8 Å². The third-order valence-electron chi connectivity index (χ3n) is 1.53. The Hall–Kier alpha value is -0.830. The first-order chi connectivity index (χ1) is 5.72. The van der Waals surface area contributed by atoms with E-state index in [1.807, 2.05) is 12.2 Å². The van der Waals surface area contributed by atoms with Crippen molar-refractivity contribution in [1.82, 2.24) is 0 Å². The molecule has 0 saturated carbocycles. The molecule has 0 saturated heterocycles. The van der Waals surface area contributed by atoms with Crippen LogP contribution in [0.1, 0.15) is 26.2 Å². The lowest BCUT2D eigenvalue weighted by atomic mass is 10.2. The molecule has 0 aromatic heterocycles. The van der Waals surface area contributed by atoms with Crippen molar-refractivity contribution in [2.75, 3.05) is 7.11 Å². The van der Waals surface area contributed by atoms with Crippen LogP contribution >= 0.6 is 0 Å². The zero-order valence-corrected chi connectivity index (χ0v) is 7.62. The fraction of sp³-hybridized carbons (Fsp3) is 0.667. The van der Waals surface area contributed by atoms with E-state index in [1.165, 1.54) is 7.11 Å². The normalized spacial score (nSPS) is 13.5. The molecule has 1 N–H and O–H groups in total. The van der Waals surface area contributed by atoms with Gasteiger partial charge in [0, 0.05) is 13.5 Å². The lowest BCUT2D eigenvalue weighted by Crippen LogP contribution is -2.21. The Morgan fingerprint density at radius 3 is 2.67 bits per heavy atom. The van der Waals surface area contributed by atoms with Gasteiger partial charge in [-0.25, -0.2) is 4.79 Å². The van der Waals surface area contributed by atoms with Crippen molar-refractivity contribution in [2.45, 2.75) is 32.3 Å². The molecule has 0 aromatic rings. The maximum atomic E-state index is 10.4. The minimum absolute atomic E-state index is 0.450. The second-order valence-corrected chi connectivity index (χ2v) is 2.56. The highest BCUT2D eigenvalue weighted by molar-refractivity contribution is 5.72. The number of rotatable bonds is 6. The molecule has 0 aromatic carbocycles. The van der Waals surface area contributed by atoms with E-state index in [0.29, 0.717) is 6.42 Å². The summed E-state index contributed by atoms with van der Waals surface area (Å²) in [4.78, 5) is 10.4. The number of hydrogen-bond donors (Lipinski definition) is 1. The van der Waals surface area contributed by atoms with Crippen LogP contribution in [-0.2, 0) is 9.53 Å². The Kier molecular flexibility index (Phi) is 6.38. The molecule has 0 aliphatic rings. The van der Waals surface area contributed by atoms with Crippen molar-refractivity contribution in [3.63, 3.8) is 0 Å². The number of hydrogen-bond acceptors (Lipinski definition) is 2. The lowest BCUT2D eigenvalue weighted by molar-refractivity contribution is -0.148. The van der Waals surface area contributed by atoms with Gasteiger partial charge in [-0.2, -0.15) is 0 Å². The molecule has 0 heterocycles. The monoisotopic (exact) mass is 172 g/mol. The van der Waals surface area contributed by atoms with Crippen molar-refractivity contribution < 1.29 is 14.6 Å². The second kappa shape index (κ2) is 6.85. The van der Waals surface area contributed by atoms with Crippen LogP contribution < -0.4 is 0 Å². The smallest absolute Gasteiger partial charge is 0.333 e. The van der Waals surface area contributed by atoms with Crippen molar-refractivity contribution in [3.8, 4) is 0 Å². The van der Waals surface area contributed by atoms with Gasteiger partial charge in [-0.05, 0) is 6.42 Å². The standard InChI is InChI=1S/C9H16O3/c1-3-4-5-6-7-8(12-2)9(10)11/h5-6,8H,3-4,7H2,1-2H3,(H,10,11). The SMILES string of the molecule is CCCC=CCC(OC)C(=O)O. The summed E-state index contributed by atoms with van der Waals surface area (Å²) in [5.41, 5.74) is 0. The van der Waals surface area contributed by atoms with E-state index in [4.69, 9.17) is 9.84 Å². The Balaban J connectivity index is 3.64. The van der Waals surface area contributed by atoms with E-state index in [1.54, 1.807) is 0 Å². The number of unbranched alkanes of at least 4 members (excludes halogenated alkanes) is 1. The fourth-order valence-electron chi connectivity index (χ4n) is 0.802. The highest BCUT2D eigenvalue weighted by Gasteiger charge is 2.13. The van der Waals surface area contributed by atoms with Gasteiger partial charge in [-0.3, -0.25) is 0 Å². The van der Waals surface area contributed by atoms with Crippen LogP contribution in [0.25, 0.3) is 0 Å². The van der Waals surface area contributed by atoms with Gasteiger partial charge in [0.25, 0.3) is 0 Å². The van der Waals surface area contributed by atoms with Gasteiger partial charge < -0.3 is 9.84 Å². The number of carboxylic acid groups (broad SMARTS) is 1. The maximum absolute atomic E-state index is 10.4. The predicted octanol–water partition coefficient (Wildman–Crippen LogP) is 1.83. The Labute approximate surface area is 73.0 Å². The molecule has 0 amide bonds. The first-order valence-corrected chi connectivity index (χ1v) is 4.13. The predicted molar refractivity (Wildman–Crippen MR) is 47.1 cm³/mol. The summed E-state index contributed by atoms with van der Waals surface area (Å²) in [5.74, 6) is -0.904. The molecule has 12 heavy (non-hydrogen) atoms. The number of carbonyl (C=O) groups is 1. The molecule has 3 heteroatoms. The van der Waals surface area contributed by atoms with E-state index >= 15 is 0 Å². The van der Waals surface area contributed by atoms with Gasteiger partial charge in [0.1, 0.15) is 0 Å². The quantitative estimate of drug-likeness (QED) is 0.622. The number of allylic oxidation sites excluding steroid dienone is 1. The molecular formula is C9H16O3. The van der Waals surface area contributed by atoms with Crippen LogP contribution in [0.15, 0.2) is 12.2 Å². The van der Waals surface area contributed by atoms with Gasteiger partial charge in [0.15, 0.2) is 6.10 Å². The fourth-order valence-corrected chi connectivity index (χ4v) is 0.802. The van der Waals surface area contributed by atoms with Gasteiger partial charge in [-0.15, -0.1) is 0 Å². The molecule has 1 unspecified atom stereocenters. The molecular weight excluding hydrogens is 156 g/mol. The minimum atomic E-state index is -0.904. The molecule has 0 radical (unpaired) electrons. The second-order valence-electron chi connectivity index (χ2n) is 2.56. The summed E-state index contributed by atoms with van der Waals surface area (Å²) >= 11 is 0. The molecule has 3 nitrogen and oxygen atoms in total. The maximum Gasteiger partial charge on any atom is 0.333 e. The van der Waals surface area contributed by atoms with E-state index in [2.05, 4.69) is 6.92 Å². The van der Waals surface area contributed by atoms with Crippen molar-refractivity contribution in [2.24, 2.45) is 0 Å². The molecule has 0 spiro atoms. The highest BCUT2D eigenvalue weighted by atomic mass is 16.5. The largest absolute Gasteiger partial charge is 0.479 e. The number of aliphatic carboxylic acids is 1. The summed E-state index contributed by atoms with van der Waals surface area (Å²) in [6.07, 6.45) is 5.67. The third-order valence-corrected chi connectivity index (χ3v) is 1.53. The number of ether oxygens (including phenoxy) is 1. The molecule has 1 atom stereocenters. The average Bonchev–Trinajstić information content (AvgIpc) is 2.04. The topological polar surface area (TPSA) is 46.5 Å². The number of carboxylic acids is 1. The van der Waals surface area contributed by atoms with Crippen molar-refractivity contribution in [1.29, 1.82) is 0 Å². The van der Waals surface area contributed by atoms with Crippen LogP contribution in [0.3, 0.4) is 0 Å². The zero-order chi connectivity index (χ0) is 9.40. The molecule has 0 bridgehead atoms. The van der Waals surface area contributed by atoms with Gasteiger partial charge in [-0.1, -0.05) is 25.5 Å². The minimum Gasteiger partial charge on any atom is -0.479 e. The zero-order valence-electron chi connectivity index (χ0n) is 7.62. The van der Waals surface area contributed by atoms with Crippen LogP contribution in [0.5, 0.6) is 0 Å². The van der Waals surface area contributed by atoms with Gasteiger partial charge in [0.2, 0.25) is 0 Å². The summed E-state index contributed by atoms with van der Waals surface area (Å²) in [6, 6.07) is 0. The Morgan fingerprint density at radius 1 is 1.58 bits per heavy atom. The number of methoxy groups -OCH3 is 1.